The number of carbonyl (C=O) groups excluding carboxylic acids is 3. The van der Waals surface area contributed by atoms with Gasteiger partial charge in [0.25, 0.3) is 5.91 Å². The van der Waals surface area contributed by atoms with Gasteiger partial charge >= 0.3 is 12.1 Å². The molecular weight excluding hydrogens is 387 g/mol. The summed E-state index contributed by atoms with van der Waals surface area (Å²) in [5, 5.41) is 2.20. The van der Waals surface area contributed by atoms with E-state index in [-0.39, 0.29) is 16.9 Å². The Morgan fingerprint density at radius 2 is 1.38 bits per heavy atom. The summed E-state index contributed by atoms with van der Waals surface area (Å²) >= 11 is 0. The second kappa shape index (κ2) is 8.06. The highest BCUT2D eigenvalue weighted by molar-refractivity contribution is 6.06. The normalized spacial score (nSPS) is 11.7. The summed E-state index contributed by atoms with van der Waals surface area (Å²) in [7, 11) is 1.05. The monoisotopic (exact) mass is 407 g/mol. The third-order valence-electron chi connectivity index (χ3n) is 4.08. The van der Waals surface area contributed by atoms with Crippen molar-refractivity contribution < 1.29 is 32.3 Å². The van der Waals surface area contributed by atoms with Crippen LogP contribution in [0.5, 0.6) is 0 Å². The van der Waals surface area contributed by atoms with E-state index in [1.807, 2.05) is 0 Å². The zero-order chi connectivity index (χ0) is 22.0. The molecule has 0 aliphatic rings. The van der Waals surface area contributed by atoms with E-state index in [2.05, 4.69) is 10.1 Å². The van der Waals surface area contributed by atoms with Gasteiger partial charge < -0.3 is 10.1 Å². The van der Waals surface area contributed by atoms with Crippen molar-refractivity contribution in [1.82, 2.24) is 0 Å². The van der Waals surface area contributed by atoms with Crippen molar-refractivity contribution in [1.29, 1.82) is 0 Å². The molecule has 29 heavy (non-hydrogen) atoms. The Labute approximate surface area is 165 Å². The minimum absolute atomic E-state index is 0.0839. The summed E-state index contributed by atoms with van der Waals surface area (Å²) in [4.78, 5) is 36.1. The number of alkyl halides is 3. The van der Waals surface area contributed by atoms with Gasteiger partial charge in [0.15, 0.2) is 5.78 Å². The molecule has 0 spiro atoms. The molecule has 2 aromatic carbocycles. The van der Waals surface area contributed by atoms with E-state index in [9.17, 15) is 27.6 Å². The molecule has 0 fully saturated rings. The van der Waals surface area contributed by atoms with E-state index < -0.39 is 34.7 Å². The molecule has 0 unspecified atom stereocenters. The van der Waals surface area contributed by atoms with Crippen molar-refractivity contribution in [3.8, 4) is 0 Å². The van der Waals surface area contributed by atoms with Crippen molar-refractivity contribution in [2.45, 2.75) is 26.9 Å². The minimum Gasteiger partial charge on any atom is -0.465 e. The number of ketones is 1. The Morgan fingerprint density at radius 1 is 0.862 bits per heavy atom. The molecule has 2 aromatic rings. The van der Waals surface area contributed by atoms with Crippen LogP contribution >= 0.6 is 0 Å². The van der Waals surface area contributed by atoms with Gasteiger partial charge in [0.1, 0.15) is 0 Å². The lowest BCUT2D eigenvalue weighted by atomic mass is 9.86. The number of halogens is 3. The first-order valence-corrected chi connectivity index (χ1v) is 8.60. The highest BCUT2D eigenvalue weighted by Gasteiger charge is 2.35. The number of amides is 1. The molecule has 1 amide bonds. The molecule has 1 N–H and O–H groups in total. The molecule has 0 aromatic heterocycles. The maximum absolute atomic E-state index is 13.4. The number of ether oxygens (including phenoxy) is 1. The van der Waals surface area contributed by atoms with Crippen LogP contribution in [0.15, 0.2) is 42.5 Å². The van der Waals surface area contributed by atoms with E-state index in [0.717, 1.165) is 19.2 Å². The van der Waals surface area contributed by atoms with E-state index in [1.165, 1.54) is 24.3 Å². The number of Topliss-reactive ketones (excluding diaryl/α,β-unsaturated/α-hetero) is 1. The standard InChI is InChI=1S/C21H20F3NO4/c1-20(2,3)17(26)12-5-7-13(8-6-12)18(27)25-16-10-9-14(19(28)29-4)11-15(16)21(22,23)24/h5-11H,1-4H3,(H,25,27). The number of rotatable bonds is 4. The fourth-order valence-electron chi connectivity index (χ4n) is 2.53. The van der Waals surface area contributed by atoms with Crippen LogP contribution in [0.2, 0.25) is 0 Å². The first kappa shape index (κ1) is 22.1. The second-order valence-corrected chi connectivity index (χ2v) is 7.36. The highest BCUT2D eigenvalue weighted by Crippen LogP contribution is 2.36. The molecular formula is C21H20F3NO4. The quantitative estimate of drug-likeness (QED) is 0.574. The van der Waals surface area contributed by atoms with Crippen LogP contribution in [0.3, 0.4) is 0 Å². The number of methoxy groups -OCH3 is 1. The molecule has 0 saturated carbocycles. The first-order chi connectivity index (χ1) is 13.3. The van der Waals surface area contributed by atoms with Gasteiger partial charge in [0.05, 0.1) is 23.9 Å². The van der Waals surface area contributed by atoms with Gasteiger partial charge in [-0.05, 0) is 30.3 Å². The zero-order valence-corrected chi connectivity index (χ0v) is 16.3. The fourth-order valence-corrected chi connectivity index (χ4v) is 2.53. The van der Waals surface area contributed by atoms with Crippen LogP contribution in [0.1, 0.15) is 57.4 Å². The number of carbonyl (C=O) groups is 3. The lowest BCUT2D eigenvalue weighted by molar-refractivity contribution is -0.136. The van der Waals surface area contributed by atoms with Crippen LogP contribution in [-0.4, -0.2) is 24.8 Å². The molecule has 2 rings (SSSR count). The van der Waals surface area contributed by atoms with Gasteiger partial charge in [0, 0.05) is 16.5 Å². The van der Waals surface area contributed by atoms with E-state index >= 15 is 0 Å². The molecule has 8 heteroatoms. The van der Waals surface area contributed by atoms with Crippen molar-refractivity contribution in [3.63, 3.8) is 0 Å². The molecule has 0 atom stereocenters. The summed E-state index contributed by atoms with van der Waals surface area (Å²) in [6, 6.07) is 8.37. The Balaban J connectivity index is 2.30. The molecule has 0 heterocycles. The molecule has 154 valence electrons. The summed E-state index contributed by atoms with van der Waals surface area (Å²) in [5.41, 5.74) is -2.08. The van der Waals surface area contributed by atoms with Gasteiger partial charge in [-0.3, -0.25) is 9.59 Å². The van der Waals surface area contributed by atoms with Gasteiger partial charge in [-0.15, -0.1) is 0 Å². The number of esters is 1. The average molecular weight is 407 g/mol. The van der Waals surface area contributed by atoms with Gasteiger partial charge in [0.2, 0.25) is 0 Å². The lowest BCUT2D eigenvalue weighted by Gasteiger charge is -2.17. The number of benzene rings is 2. The van der Waals surface area contributed by atoms with E-state index in [1.54, 1.807) is 20.8 Å². The Morgan fingerprint density at radius 3 is 1.86 bits per heavy atom. The summed E-state index contributed by atoms with van der Waals surface area (Å²) in [5.74, 6) is -1.83. The minimum atomic E-state index is -4.80. The molecule has 0 aliphatic heterocycles. The third-order valence-corrected chi connectivity index (χ3v) is 4.08. The van der Waals surface area contributed by atoms with E-state index in [4.69, 9.17) is 0 Å². The largest absolute Gasteiger partial charge is 0.465 e. The maximum Gasteiger partial charge on any atom is 0.418 e. The highest BCUT2D eigenvalue weighted by atomic mass is 19.4. The maximum atomic E-state index is 13.4. The van der Waals surface area contributed by atoms with Crippen molar-refractivity contribution in [3.05, 3.63) is 64.7 Å². The smallest absolute Gasteiger partial charge is 0.418 e. The second-order valence-electron chi connectivity index (χ2n) is 7.36. The lowest BCUT2D eigenvalue weighted by Crippen LogP contribution is -2.20. The predicted octanol–water partition coefficient (Wildman–Crippen LogP) is 4.97. The molecule has 0 saturated heterocycles. The topological polar surface area (TPSA) is 72.5 Å². The number of anilines is 1. The van der Waals surface area contributed by atoms with Crippen molar-refractivity contribution >= 4 is 23.3 Å². The van der Waals surface area contributed by atoms with Crippen molar-refractivity contribution in [2.24, 2.45) is 5.41 Å². The summed E-state index contributed by atoms with van der Waals surface area (Å²) in [6.07, 6.45) is -4.80. The molecule has 0 bridgehead atoms. The predicted molar refractivity (Wildman–Crippen MR) is 101 cm³/mol. The Hall–Kier alpha value is -3.16. The van der Waals surface area contributed by atoms with Crippen LogP contribution in [-0.2, 0) is 10.9 Å². The average Bonchev–Trinajstić information content (AvgIpc) is 2.65. The van der Waals surface area contributed by atoms with Crippen LogP contribution in [0, 0.1) is 5.41 Å². The zero-order valence-electron chi connectivity index (χ0n) is 16.3. The summed E-state index contributed by atoms with van der Waals surface area (Å²) < 4.78 is 44.5. The molecule has 0 radical (unpaired) electrons. The van der Waals surface area contributed by atoms with Crippen LogP contribution in [0.25, 0.3) is 0 Å². The van der Waals surface area contributed by atoms with Gasteiger partial charge in [-0.25, -0.2) is 4.79 Å². The fraction of sp³-hybridized carbons (Fsp3) is 0.286. The summed E-state index contributed by atoms with van der Waals surface area (Å²) in [6.45, 7) is 5.27. The Kier molecular flexibility index (Phi) is 6.15. The van der Waals surface area contributed by atoms with Gasteiger partial charge in [-0.1, -0.05) is 32.9 Å². The first-order valence-electron chi connectivity index (χ1n) is 8.60. The SMILES string of the molecule is COC(=O)c1ccc(NC(=O)c2ccc(C(=O)C(C)(C)C)cc2)c(C(F)(F)F)c1. The van der Waals surface area contributed by atoms with E-state index in [0.29, 0.717) is 11.6 Å². The number of nitrogens with one attached hydrogen (secondary N) is 1. The number of hydrogen-bond donors (Lipinski definition) is 1. The third kappa shape index (κ3) is 5.22. The van der Waals surface area contributed by atoms with Crippen LogP contribution < -0.4 is 5.32 Å². The molecule has 5 nitrogen and oxygen atoms in total. The van der Waals surface area contributed by atoms with Crippen molar-refractivity contribution in [2.75, 3.05) is 12.4 Å². The number of hydrogen-bond acceptors (Lipinski definition) is 4. The molecule has 0 aliphatic carbocycles. The Bertz CT molecular complexity index is 942. The van der Waals surface area contributed by atoms with Gasteiger partial charge in [-0.2, -0.15) is 13.2 Å². The van der Waals surface area contributed by atoms with Crippen LogP contribution in [0.4, 0.5) is 18.9 Å².